The molecule has 1 aromatic carbocycles. The van der Waals surface area contributed by atoms with Crippen LogP contribution in [0.15, 0.2) is 33.7 Å². The quantitative estimate of drug-likeness (QED) is 0.708. The Bertz CT molecular complexity index is 727. The van der Waals surface area contributed by atoms with Gasteiger partial charge in [0.25, 0.3) is 0 Å². The summed E-state index contributed by atoms with van der Waals surface area (Å²) in [6.45, 7) is 3.36. The van der Waals surface area contributed by atoms with Crippen LogP contribution in [0.25, 0.3) is 0 Å². The summed E-state index contributed by atoms with van der Waals surface area (Å²) in [6.07, 6.45) is 0. The van der Waals surface area contributed by atoms with Crippen LogP contribution in [-0.2, 0) is 23.1 Å². The number of rotatable bonds is 8. The molecule has 0 unspecified atom stereocenters. The lowest BCUT2D eigenvalue weighted by atomic mass is 10.2. The Hall–Kier alpha value is -1.81. The van der Waals surface area contributed by atoms with Crippen LogP contribution in [0, 0.1) is 6.92 Å². The Balaban J connectivity index is 1.82. The fourth-order valence-corrected chi connectivity index (χ4v) is 2.95. The smallest absolute Gasteiger partial charge is 0.240 e. The van der Waals surface area contributed by atoms with E-state index < -0.39 is 10.0 Å². The number of aromatic nitrogens is 2. The molecule has 9 heteroatoms. The van der Waals surface area contributed by atoms with Crippen molar-refractivity contribution in [3.8, 4) is 0 Å². The number of benzene rings is 1. The van der Waals surface area contributed by atoms with E-state index in [2.05, 4.69) is 14.9 Å². The minimum Gasteiger partial charge on any atom is -0.338 e. The maximum Gasteiger partial charge on any atom is 0.240 e. The molecule has 0 radical (unpaired) electrons. The summed E-state index contributed by atoms with van der Waals surface area (Å²) in [4.78, 5) is 6.25. The van der Waals surface area contributed by atoms with Crippen molar-refractivity contribution in [2.24, 2.45) is 5.73 Å². The average Bonchev–Trinajstić information content (AvgIpc) is 2.95. The molecule has 8 nitrogen and oxygen atoms in total. The molecule has 0 atom stereocenters. The third-order valence-corrected chi connectivity index (χ3v) is 4.69. The standard InChI is InChI=1S/C14H21N5O3S/c1-11-3-5-12(6-4-11)23(20,21)16-7-8-19(2)10-13-17-14(9-15)22-18-13/h3-6,16H,7-10,15H2,1-2H3. The minimum absolute atomic E-state index is 0.201. The molecule has 0 aliphatic rings. The van der Waals surface area contributed by atoms with Crippen LogP contribution in [0.5, 0.6) is 0 Å². The lowest BCUT2D eigenvalue weighted by Crippen LogP contribution is -2.33. The van der Waals surface area contributed by atoms with Crippen molar-refractivity contribution in [3.05, 3.63) is 41.5 Å². The van der Waals surface area contributed by atoms with Gasteiger partial charge in [-0.25, -0.2) is 13.1 Å². The first-order valence-corrected chi connectivity index (χ1v) is 8.65. The Morgan fingerprint density at radius 2 is 2.00 bits per heavy atom. The fraction of sp³-hybridized carbons (Fsp3) is 0.429. The number of hydrogen-bond acceptors (Lipinski definition) is 7. The lowest BCUT2D eigenvalue weighted by Gasteiger charge is -2.14. The highest BCUT2D eigenvalue weighted by Gasteiger charge is 2.14. The first kappa shape index (κ1) is 17.5. The summed E-state index contributed by atoms with van der Waals surface area (Å²) in [7, 11) is -1.64. The Labute approximate surface area is 135 Å². The molecule has 23 heavy (non-hydrogen) atoms. The number of nitrogens with one attached hydrogen (secondary N) is 1. The summed E-state index contributed by atoms with van der Waals surface area (Å²) in [5, 5.41) is 3.79. The van der Waals surface area contributed by atoms with Gasteiger partial charge in [0.05, 0.1) is 18.0 Å². The molecule has 0 spiro atoms. The average molecular weight is 339 g/mol. The second kappa shape index (κ2) is 7.64. The topological polar surface area (TPSA) is 114 Å². The van der Waals surface area contributed by atoms with E-state index in [1.165, 1.54) is 0 Å². The molecule has 3 N–H and O–H groups in total. The molecule has 2 rings (SSSR count). The van der Waals surface area contributed by atoms with Gasteiger partial charge in [-0.3, -0.25) is 4.90 Å². The number of likely N-dealkylation sites (N-methyl/N-ethyl adjacent to an activating group) is 1. The van der Waals surface area contributed by atoms with Gasteiger partial charge in [-0.05, 0) is 26.1 Å². The highest BCUT2D eigenvalue weighted by atomic mass is 32.2. The predicted octanol–water partition coefficient (Wildman–Crippen LogP) is 0.247. The van der Waals surface area contributed by atoms with Crippen LogP contribution in [0.4, 0.5) is 0 Å². The first-order chi connectivity index (χ1) is 10.9. The maximum atomic E-state index is 12.1. The van der Waals surface area contributed by atoms with E-state index in [9.17, 15) is 8.42 Å². The zero-order valence-electron chi connectivity index (χ0n) is 13.2. The van der Waals surface area contributed by atoms with Crippen molar-refractivity contribution < 1.29 is 12.9 Å². The molecule has 1 aromatic heterocycles. The number of sulfonamides is 1. The molecule has 0 saturated heterocycles. The molecule has 126 valence electrons. The highest BCUT2D eigenvalue weighted by molar-refractivity contribution is 7.89. The Morgan fingerprint density at radius 3 is 2.61 bits per heavy atom. The number of aryl methyl sites for hydroxylation is 1. The van der Waals surface area contributed by atoms with Gasteiger partial charge < -0.3 is 10.3 Å². The van der Waals surface area contributed by atoms with E-state index in [0.717, 1.165) is 5.56 Å². The van der Waals surface area contributed by atoms with Crippen molar-refractivity contribution in [1.29, 1.82) is 0 Å². The van der Waals surface area contributed by atoms with E-state index in [4.69, 9.17) is 10.3 Å². The molecule has 0 aliphatic carbocycles. The third-order valence-electron chi connectivity index (χ3n) is 3.21. The van der Waals surface area contributed by atoms with Gasteiger partial charge in [-0.15, -0.1) is 0 Å². The monoisotopic (exact) mass is 339 g/mol. The van der Waals surface area contributed by atoms with Gasteiger partial charge in [-0.2, -0.15) is 4.98 Å². The molecule has 2 aromatic rings. The van der Waals surface area contributed by atoms with E-state index in [0.29, 0.717) is 24.8 Å². The second-order valence-electron chi connectivity index (χ2n) is 5.26. The van der Waals surface area contributed by atoms with Crippen LogP contribution in [0.2, 0.25) is 0 Å². The number of hydrogen-bond donors (Lipinski definition) is 2. The largest absolute Gasteiger partial charge is 0.338 e. The van der Waals surface area contributed by atoms with Crippen molar-refractivity contribution in [2.75, 3.05) is 20.1 Å². The van der Waals surface area contributed by atoms with E-state index in [1.807, 2.05) is 18.9 Å². The van der Waals surface area contributed by atoms with Crippen molar-refractivity contribution >= 4 is 10.0 Å². The minimum atomic E-state index is -3.49. The molecular weight excluding hydrogens is 318 g/mol. The van der Waals surface area contributed by atoms with Gasteiger partial charge in [0.2, 0.25) is 15.9 Å². The van der Waals surface area contributed by atoms with Crippen molar-refractivity contribution in [2.45, 2.75) is 24.9 Å². The lowest BCUT2D eigenvalue weighted by molar-refractivity contribution is 0.310. The second-order valence-corrected chi connectivity index (χ2v) is 7.02. The Kier molecular flexibility index (Phi) is 5.83. The number of nitrogens with zero attached hydrogens (tertiary/aromatic N) is 3. The molecule has 1 heterocycles. The zero-order chi connectivity index (χ0) is 16.9. The maximum absolute atomic E-state index is 12.1. The third kappa shape index (κ3) is 5.10. The van der Waals surface area contributed by atoms with Gasteiger partial charge >= 0.3 is 0 Å². The SMILES string of the molecule is Cc1ccc(S(=O)(=O)NCCN(C)Cc2noc(CN)n2)cc1. The van der Waals surface area contributed by atoms with Gasteiger partial charge in [0.1, 0.15) is 0 Å². The predicted molar refractivity (Wildman–Crippen MR) is 84.9 cm³/mol. The molecular formula is C14H21N5O3S. The van der Waals surface area contributed by atoms with Gasteiger partial charge in [-0.1, -0.05) is 22.9 Å². The molecule has 0 amide bonds. The van der Waals surface area contributed by atoms with Crippen LogP contribution in [0.3, 0.4) is 0 Å². The van der Waals surface area contributed by atoms with Crippen LogP contribution < -0.4 is 10.5 Å². The normalized spacial score (nSPS) is 12.0. The summed E-state index contributed by atoms with van der Waals surface area (Å²) >= 11 is 0. The molecule has 0 saturated carbocycles. The van der Waals surface area contributed by atoms with Crippen LogP contribution in [-0.4, -0.2) is 43.6 Å². The van der Waals surface area contributed by atoms with E-state index in [1.54, 1.807) is 24.3 Å². The Morgan fingerprint density at radius 1 is 1.30 bits per heavy atom. The zero-order valence-corrected chi connectivity index (χ0v) is 14.0. The summed E-state index contributed by atoms with van der Waals surface area (Å²) < 4.78 is 31.8. The van der Waals surface area contributed by atoms with Crippen molar-refractivity contribution in [1.82, 2.24) is 19.8 Å². The summed E-state index contributed by atoms with van der Waals surface area (Å²) in [5.74, 6) is 0.905. The summed E-state index contributed by atoms with van der Waals surface area (Å²) in [5.41, 5.74) is 6.41. The summed E-state index contributed by atoms with van der Waals surface area (Å²) in [6, 6.07) is 6.72. The molecule has 0 fully saturated rings. The molecule has 0 aliphatic heterocycles. The van der Waals surface area contributed by atoms with Crippen LogP contribution in [0.1, 0.15) is 17.3 Å². The molecule has 0 bridgehead atoms. The van der Waals surface area contributed by atoms with Crippen LogP contribution >= 0.6 is 0 Å². The van der Waals surface area contributed by atoms with Gasteiger partial charge in [0.15, 0.2) is 5.82 Å². The highest BCUT2D eigenvalue weighted by Crippen LogP contribution is 2.09. The van der Waals surface area contributed by atoms with E-state index in [-0.39, 0.29) is 18.0 Å². The van der Waals surface area contributed by atoms with E-state index >= 15 is 0 Å². The fourth-order valence-electron chi connectivity index (χ4n) is 1.93. The number of nitrogens with two attached hydrogens (primary N) is 1. The van der Waals surface area contributed by atoms with Crippen molar-refractivity contribution in [3.63, 3.8) is 0 Å². The first-order valence-electron chi connectivity index (χ1n) is 7.17. The van der Waals surface area contributed by atoms with Gasteiger partial charge in [0, 0.05) is 13.1 Å².